The molecule has 0 unspecified atom stereocenters. The molecule has 3 aliphatic rings. The minimum atomic E-state index is -0.351. The van der Waals surface area contributed by atoms with Gasteiger partial charge in [0, 0.05) is 30.3 Å². The second kappa shape index (κ2) is 5.18. The highest BCUT2D eigenvalue weighted by molar-refractivity contribution is 5.93. The molecule has 5 heteroatoms. The second-order valence-corrected chi connectivity index (χ2v) is 6.48. The van der Waals surface area contributed by atoms with E-state index in [1.54, 1.807) is 14.0 Å². The predicted molar refractivity (Wildman–Crippen MR) is 83.3 cm³/mol. The van der Waals surface area contributed by atoms with E-state index in [9.17, 15) is 4.79 Å². The highest BCUT2D eigenvalue weighted by Gasteiger charge is 2.46. The van der Waals surface area contributed by atoms with Gasteiger partial charge in [-0.2, -0.15) is 0 Å². The summed E-state index contributed by atoms with van der Waals surface area (Å²) in [5.74, 6) is 1.79. The van der Waals surface area contributed by atoms with Gasteiger partial charge in [-0.3, -0.25) is 0 Å². The maximum absolute atomic E-state index is 11.9. The molecule has 0 bridgehead atoms. The minimum Gasteiger partial charge on any atom is -0.492 e. The van der Waals surface area contributed by atoms with Gasteiger partial charge in [0.25, 0.3) is 0 Å². The summed E-state index contributed by atoms with van der Waals surface area (Å²) >= 11 is 0. The lowest BCUT2D eigenvalue weighted by atomic mass is 9.86. The third-order valence-corrected chi connectivity index (χ3v) is 5.20. The number of hydrogen-bond acceptors (Lipinski definition) is 4. The van der Waals surface area contributed by atoms with Crippen LogP contribution < -0.4 is 0 Å². The second-order valence-electron chi connectivity index (χ2n) is 6.48. The molecule has 1 fully saturated rings. The van der Waals surface area contributed by atoms with Gasteiger partial charge in [-0.15, -0.1) is 0 Å². The van der Waals surface area contributed by atoms with Crippen molar-refractivity contribution in [3.63, 3.8) is 0 Å². The van der Waals surface area contributed by atoms with Gasteiger partial charge in [0.2, 0.25) is 5.76 Å². The van der Waals surface area contributed by atoms with E-state index in [4.69, 9.17) is 14.2 Å². The zero-order valence-corrected chi connectivity index (χ0v) is 13.7. The highest BCUT2D eigenvalue weighted by Crippen LogP contribution is 2.48. The van der Waals surface area contributed by atoms with Gasteiger partial charge in [-0.05, 0) is 31.9 Å². The Morgan fingerprint density at radius 3 is 3.00 bits per heavy atom. The Morgan fingerprint density at radius 1 is 1.39 bits per heavy atom. The molecule has 0 radical (unpaired) electrons. The normalized spacial score (nSPS) is 33.0. The van der Waals surface area contributed by atoms with Crippen LogP contribution in [0.1, 0.15) is 38.3 Å². The van der Waals surface area contributed by atoms with Crippen LogP contribution >= 0.6 is 0 Å². The number of ether oxygens (including phenoxy) is 3. The summed E-state index contributed by atoms with van der Waals surface area (Å²) in [6.07, 6.45) is 4.35. The smallest absolute Gasteiger partial charge is 0.343 e. The predicted octanol–water partition coefficient (Wildman–Crippen LogP) is 3.09. The van der Waals surface area contributed by atoms with Crippen LogP contribution in [0.5, 0.6) is 0 Å². The maximum Gasteiger partial charge on any atom is 0.343 e. The number of rotatable bonds is 1. The van der Waals surface area contributed by atoms with Crippen LogP contribution in [0.4, 0.5) is 0 Å². The number of carbonyl (C=O) groups excluding carboxylic acids is 1. The lowest BCUT2D eigenvalue weighted by molar-refractivity contribution is -0.133. The monoisotopic (exact) mass is 315 g/mol. The molecule has 122 valence electrons. The van der Waals surface area contributed by atoms with Gasteiger partial charge in [0.05, 0.1) is 12.7 Å². The number of aromatic nitrogens is 1. The van der Waals surface area contributed by atoms with Crippen molar-refractivity contribution in [2.45, 2.75) is 45.3 Å². The van der Waals surface area contributed by atoms with Gasteiger partial charge < -0.3 is 18.8 Å². The fraction of sp³-hybridized carbons (Fsp3) is 0.500. The number of fused-ring (bicyclic) bond motifs is 3. The number of methoxy groups -OCH3 is 1. The summed E-state index contributed by atoms with van der Waals surface area (Å²) in [5, 5.41) is 0. The van der Waals surface area contributed by atoms with E-state index in [0.29, 0.717) is 17.1 Å². The molecule has 0 spiro atoms. The number of carbonyl (C=O) groups is 1. The molecule has 0 N–H and O–H groups in total. The summed E-state index contributed by atoms with van der Waals surface area (Å²) in [4.78, 5) is 11.9. The van der Waals surface area contributed by atoms with Crippen molar-refractivity contribution >= 4 is 5.97 Å². The number of allylic oxidation sites excluding steroid dienone is 1. The van der Waals surface area contributed by atoms with Gasteiger partial charge in [0.15, 0.2) is 5.76 Å². The first-order valence-electron chi connectivity index (χ1n) is 8.15. The van der Waals surface area contributed by atoms with E-state index >= 15 is 0 Å². The largest absolute Gasteiger partial charge is 0.492 e. The molecule has 4 heterocycles. The number of aryl methyl sites for hydroxylation is 1. The van der Waals surface area contributed by atoms with Crippen LogP contribution in [0, 0.1) is 5.92 Å². The average Bonchev–Trinajstić information content (AvgIpc) is 3.15. The molecule has 0 aliphatic carbocycles. The van der Waals surface area contributed by atoms with E-state index in [0.717, 1.165) is 25.1 Å². The Kier molecular flexibility index (Phi) is 3.25. The van der Waals surface area contributed by atoms with Gasteiger partial charge in [-0.1, -0.05) is 6.92 Å². The summed E-state index contributed by atoms with van der Waals surface area (Å²) < 4.78 is 19.4. The van der Waals surface area contributed by atoms with Crippen molar-refractivity contribution in [3.05, 3.63) is 46.9 Å². The van der Waals surface area contributed by atoms with E-state index < -0.39 is 0 Å². The molecule has 1 aromatic rings. The van der Waals surface area contributed by atoms with Gasteiger partial charge in [0.1, 0.15) is 11.9 Å². The Bertz CT molecular complexity index is 727. The molecule has 23 heavy (non-hydrogen) atoms. The van der Waals surface area contributed by atoms with Crippen molar-refractivity contribution in [2.75, 3.05) is 7.11 Å². The van der Waals surface area contributed by atoms with Crippen molar-refractivity contribution in [1.29, 1.82) is 0 Å². The summed E-state index contributed by atoms with van der Waals surface area (Å²) in [6.45, 7) is 4.90. The van der Waals surface area contributed by atoms with Crippen LogP contribution in [0.15, 0.2) is 41.2 Å². The van der Waals surface area contributed by atoms with Crippen molar-refractivity contribution in [3.8, 4) is 0 Å². The lowest BCUT2D eigenvalue weighted by Gasteiger charge is -2.17. The molecule has 5 nitrogen and oxygen atoms in total. The molecule has 0 aromatic carbocycles. The third-order valence-electron chi connectivity index (χ3n) is 5.20. The van der Waals surface area contributed by atoms with E-state index in [1.165, 1.54) is 5.69 Å². The lowest BCUT2D eigenvalue weighted by Crippen LogP contribution is -2.17. The van der Waals surface area contributed by atoms with Gasteiger partial charge >= 0.3 is 5.97 Å². The van der Waals surface area contributed by atoms with Crippen LogP contribution in [0.3, 0.4) is 0 Å². The highest BCUT2D eigenvalue weighted by atomic mass is 16.6. The minimum absolute atomic E-state index is 0.126. The number of esters is 1. The molecule has 1 aromatic heterocycles. The number of nitrogens with zero attached hydrogens (tertiary/aromatic N) is 1. The molecular weight excluding hydrogens is 294 g/mol. The van der Waals surface area contributed by atoms with Crippen molar-refractivity contribution in [2.24, 2.45) is 5.92 Å². The Labute approximate surface area is 135 Å². The van der Waals surface area contributed by atoms with E-state index in [1.807, 2.05) is 0 Å². The van der Waals surface area contributed by atoms with E-state index in [2.05, 4.69) is 29.8 Å². The summed E-state index contributed by atoms with van der Waals surface area (Å²) in [6, 6.07) is 4.27. The first-order valence-corrected chi connectivity index (χ1v) is 8.15. The first-order chi connectivity index (χ1) is 11.1. The molecule has 1 saturated heterocycles. The van der Waals surface area contributed by atoms with Crippen molar-refractivity contribution in [1.82, 2.24) is 4.57 Å². The topological polar surface area (TPSA) is 49.7 Å². The Hall–Kier alpha value is -2.17. The average molecular weight is 315 g/mol. The third kappa shape index (κ3) is 2.02. The maximum atomic E-state index is 11.9. The fourth-order valence-electron chi connectivity index (χ4n) is 4.06. The molecule has 3 aliphatic heterocycles. The van der Waals surface area contributed by atoms with Crippen LogP contribution in [0.2, 0.25) is 0 Å². The van der Waals surface area contributed by atoms with Crippen molar-refractivity contribution < 1.29 is 19.0 Å². The summed E-state index contributed by atoms with van der Waals surface area (Å²) in [7, 11) is 1.56. The number of hydrogen-bond donors (Lipinski definition) is 0. The van der Waals surface area contributed by atoms with Crippen LogP contribution in [0.25, 0.3) is 0 Å². The SMILES string of the molecule is COC1=C(C)C(=O)OC1=C1O[C@@H]2CCCn3cccc3[C@H]2[C@@H]1C. The number of cyclic esters (lactones) is 1. The van der Waals surface area contributed by atoms with E-state index in [-0.39, 0.29) is 23.9 Å². The summed E-state index contributed by atoms with van der Waals surface area (Å²) in [5.41, 5.74) is 1.81. The van der Waals surface area contributed by atoms with Crippen LogP contribution in [-0.4, -0.2) is 23.8 Å². The quantitative estimate of drug-likeness (QED) is 0.747. The Morgan fingerprint density at radius 2 is 2.22 bits per heavy atom. The molecule has 0 saturated carbocycles. The zero-order chi connectivity index (χ0) is 16.1. The van der Waals surface area contributed by atoms with Crippen LogP contribution in [-0.2, 0) is 25.5 Å². The molecule has 4 rings (SSSR count). The Balaban J connectivity index is 1.78. The first kappa shape index (κ1) is 14.4. The molecule has 0 amide bonds. The zero-order valence-electron chi connectivity index (χ0n) is 13.7. The fourth-order valence-corrected chi connectivity index (χ4v) is 4.06. The molecular formula is C18H21NO4. The van der Waals surface area contributed by atoms with Gasteiger partial charge in [-0.25, -0.2) is 4.79 Å². The standard InChI is InChI=1S/C18H21NO4/c1-10-14-12-6-4-8-19(12)9-5-7-13(14)22-16(10)17-15(21-3)11(2)18(20)23-17/h4,6,8,10,13-14H,5,7,9H2,1-3H3/t10-,13+,14+/m0/s1. The molecule has 3 atom stereocenters.